The average Bonchev–Trinajstić information content (AvgIpc) is 2.87. The minimum Gasteiger partial charge on any atom is -0.383 e. The highest BCUT2D eigenvalue weighted by Crippen LogP contribution is 2.15. The summed E-state index contributed by atoms with van der Waals surface area (Å²) in [5, 5.41) is 6.62. The van der Waals surface area contributed by atoms with Gasteiger partial charge in [0.1, 0.15) is 5.82 Å². The molecule has 0 amide bonds. The summed E-state index contributed by atoms with van der Waals surface area (Å²) in [5.74, 6) is 1.90. The van der Waals surface area contributed by atoms with Gasteiger partial charge in [-0.25, -0.2) is 4.98 Å². The van der Waals surface area contributed by atoms with Gasteiger partial charge >= 0.3 is 0 Å². The molecule has 6 heteroatoms. The third kappa shape index (κ3) is 4.96. The van der Waals surface area contributed by atoms with Crippen LogP contribution in [0.25, 0.3) is 11.0 Å². The van der Waals surface area contributed by atoms with E-state index >= 15 is 0 Å². The first-order chi connectivity index (χ1) is 11.7. The van der Waals surface area contributed by atoms with E-state index in [9.17, 15) is 0 Å². The lowest BCUT2D eigenvalue weighted by Crippen LogP contribution is -2.44. The summed E-state index contributed by atoms with van der Waals surface area (Å²) in [6.07, 6.45) is 0.969. The molecule has 2 aromatic rings. The largest absolute Gasteiger partial charge is 0.383 e. The lowest BCUT2D eigenvalue weighted by Gasteiger charge is -2.17. The van der Waals surface area contributed by atoms with Crippen LogP contribution in [0.2, 0.25) is 0 Å². The number of aryl methyl sites for hydroxylation is 2. The van der Waals surface area contributed by atoms with Crippen LogP contribution in [0.4, 0.5) is 0 Å². The lowest BCUT2D eigenvalue weighted by molar-refractivity contribution is 0.179. The third-order valence-corrected chi connectivity index (χ3v) is 3.80. The molecule has 0 radical (unpaired) electrons. The zero-order valence-electron chi connectivity index (χ0n) is 15.2. The van der Waals surface area contributed by atoms with Crippen LogP contribution in [0.15, 0.2) is 29.3 Å². The average molecular weight is 331 g/mol. The zero-order chi connectivity index (χ0) is 17.4. The molecule has 0 aliphatic carbocycles. The zero-order valence-corrected chi connectivity index (χ0v) is 15.2. The molecule has 0 fully saturated rings. The number of guanidine groups is 1. The Morgan fingerprint density at radius 2 is 2.17 bits per heavy atom. The first-order valence-corrected chi connectivity index (χ1v) is 8.61. The predicted molar refractivity (Wildman–Crippen MR) is 99.5 cm³/mol. The monoisotopic (exact) mass is 331 g/mol. The van der Waals surface area contributed by atoms with Gasteiger partial charge in [0.25, 0.3) is 0 Å². The smallest absolute Gasteiger partial charge is 0.191 e. The topological polar surface area (TPSA) is 63.5 Å². The van der Waals surface area contributed by atoms with E-state index in [4.69, 9.17) is 4.74 Å². The molecule has 0 saturated carbocycles. The maximum absolute atomic E-state index is 5.16. The van der Waals surface area contributed by atoms with Crippen molar-refractivity contribution in [2.24, 2.45) is 4.99 Å². The summed E-state index contributed by atoms with van der Waals surface area (Å²) >= 11 is 0. The van der Waals surface area contributed by atoms with Gasteiger partial charge in [0.15, 0.2) is 5.96 Å². The lowest BCUT2D eigenvalue weighted by atomic mass is 10.3. The Hall–Kier alpha value is -2.08. The Morgan fingerprint density at radius 1 is 1.38 bits per heavy atom. The van der Waals surface area contributed by atoms with E-state index in [1.54, 1.807) is 7.11 Å². The van der Waals surface area contributed by atoms with Crippen molar-refractivity contribution in [2.75, 3.05) is 26.8 Å². The van der Waals surface area contributed by atoms with Crippen LogP contribution in [-0.4, -0.2) is 48.4 Å². The molecule has 132 valence electrons. The number of para-hydroxylation sites is 2. The fourth-order valence-corrected chi connectivity index (χ4v) is 2.74. The van der Waals surface area contributed by atoms with E-state index in [1.807, 2.05) is 6.07 Å². The molecule has 2 rings (SSSR count). The van der Waals surface area contributed by atoms with Crippen molar-refractivity contribution in [1.29, 1.82) is 0 Å². The van der Waals surface area contributed by atoms with E-state index in [1.165, 1.54) is 5.52 Å². The Labute approximate surface area is 144 Å². The van der Waals surface area contributed by atoms with Gasteiger partial charge in [-0.1, -0.05) is 12.1 Å². The van der Waals surface area contributed by atoms with Gasteiger partial charge in [-0.3, -0.25) is 4.99 Å². The van der Waals surface area contributed by atoms with E-state index in [0.717, 1.165) is 43.4 Å². The Bertz CT molecular complexity index is 664. The molecule has 0 aliphatic heterocycles. The van der Waals surface area contributed by atoms with Gasteiger partial charge in [-0.2, -0.15) is 0 Å². The number of ether oxygens (including phenoxy) is 1. The molecule has 0 bridgehead atoms. The molecule has 1 atom stereocenters. The summed E-state index contributed by atoms with van der Waals surface area (Å²) in [7, 11) is 1.71. The molecule has 0 aliphatic rings. The molecule has 24 heavy (non-hydrogen) atoms. The number of benzene rings is 1. The molecule has 0 spiro atoms. The van der Waals surface area contributed by atoms with Crippen LogP contribution in [0, 0.1) is 6.92 Å². The van der Waals surface area contributed by atoms with Crippen LogP contribution >= 0.6 is 0 Å². The number of methoxy groups -OCH3 is 1. The second-order valence-electron chi connectivity index (χ2n) is 5.91. The number of hydrogen-bond acceptors (Lipinski definition) is 3. The molecular formula is C18H29N5O. The van der Waals surface area contributed by atoms with Crippen LogP contribution in [-0.2, 0) is 11.3 Å². The van der Waals surface area contributed by atoms with E-state index in [-0.39, 0.29) is 6.04 Å². The Kier molecular flexibility index (Phi) is 7.06. The summed E-state index contributed by atoms with van der Waals surface area (Å²) in [4.78, 5) is 9.25. The van der Waals surface area contributed by atoms with Gasteiger partial charge in [-0.15, -0.1) is 0 Å². The first kappa shape index (κ1) is 18.3. The summed E-state index contributed by atoms with van der Waals surface area (Å²) < 4.78 is 7.42. The number of imidazole rings is 1. The van der Waals surface area contributed by atoms with Crippen LogP contribution < -0.4 is 10.6 Å². The Morgan fingerprint density at radius 3 is 2.92 bits per heavy atom. The SMILES string of the molecule is CCNC(=NCCCn1c(C)nc2ccccc21)NC(C)COC. The van der Waals surface area contributed by atoms with E-state index in [2.05, 4.69) is 64.1 Å². The van der Waals surface area contributed by atoms with Crippen molar-refractivity contribution >= 4 is 17.0 Å². The number of nitrogens with zero attached hydrogens (tertiary/aromatic N) is 3. The van der Waals surface area contributed by atoms with E-state index < -0.39 is 0 Å². The number of rotatable bonds is 8. The quantitative estimate of drug-likeness (QED) is 0.443. The highest BCUT2D eigenvalue weighted by Gasteiger charge is 2.07. The minimum atomic E-state index is 0.229. The molecule has 0 saturated heterocycles. The fraction of sp³-hybridized carbons (Fsp3) is 0.556. The van der Waals surface area contributed by atoms with Crippen LogP contribution in [0.3, 0.4) is 0 Å². The molecule has 1 aromatic heterocycles. The van der Waals surface area contributed by atoms with Gasteiger partial charge in [-0.05, 0) is 39.3 Å². The van der Waals surface area contributed by atoms with Crippen molar-refractivity contribution in [3.05, 3.63) is 30.1 Å². The summed E-state index contributed by atoms with van der Waals surface area (Å²) in [6, 6.07) is 8.49. The molecular weight excluding hydrogens is 302 g/mol. The van der Waals surface area contributed by atoms with Crippen LogP contribution in [0.5, 0.6) is 0 Å². The highest BCUT2D eigenvalue weighted by atomic mass is 16.5. The van der Waals surface area contributed by atoms with Gasteiger partial charge in [0.05, 0.1) is 17.6 Å². The van der Waals surface area contributed by atoms with E-state index in [0.29, 0.717) is 6.61 Å². The summed E-state index contributed by atoms with van der Waals surface area (Å²) in [6.45, 7) is 9.39. The molecule has 1 aromatic carbocycles. The normalized spacial score (nSPS) is 13.2. The molecule has 1 unspecified atom stereocenters. The number of aromatic nitrogens is 2. The highest BCUT2D eigenvalue weighted by molar-refractivity contribution is 5.80. The maximum atomic E-state index is 5.16. The number of hydrogen-bond donors (Lipinski definition) is 2. The number of fused-ring (bicyclic) bond motifs is 1. The Balaban J connectivity index is 1.92. The minimum absolute atomic E-state index is 0.229. The van der Waals surface area contributed by atoms with Crippen LogP contribution in [0.1, 0.15) is 26.1 Å². The van der Waals surface area contributed by atoms with Crippen molar-refractivity contribution in [3.63, 3.8) is 0 Å². The summed E-state index contributed by atoms with van der Waals surface area (Å²) in [5.41, 5.74) is 2.25. The van der Waals surface area contributed by atoms with Crippen molar-refractivity contribution in [1.82, 2.24) is 20.2 Å². The van der Waals surface area contributed by atoms with Gasteiger partial charge in [0, 0.05) is 32.8 Å². The number of aliphatic imine (C=N–C) groups is 1. The van der Waals surface area contributed by atoms with Crippen molar-refractivity contribution in [3.8, 4) is 0 Å². The van der Waals surface area contributed by atoms with Gasteiger partial charge in [0.2, 0.25) is 0 Å². The van der Waals surface area contributed by atoms with Crippen molar-refractivity contribution < 1.29 is 4.74 Å². The fourth-order valence-electron chi connectivity index (χ4n) is 2.74. The first-order valence-electron chi connectivity index (χ1n) is 8.61. The third-order valence-electron chi connectivity index (χ3n) is 3.80. The second-order valence-corrected chi connectivity index (χ2v) is 5.91. The molecule has 6 nitrogen and oxygen atoms in total. The number of nitrogens with one attached hydrogen (secondary N) is 2. The van der Waals surface area contributed by atoms with Gasteiger partial charge < -0.3 is 19.9 Å². The second kappa shape index (κ2) is 9.27. The standard InChI is InChI=1S/C18H29N5O/c1-5-19-18(21-14(2)13-24-4)20-11-8-12-23-15(3)22-16-9-6-7-10-17(16)23/h6-7,9-10,14H,5,8,11-13H2,1-4H3,(H2,19,20,21). The maximum Gasteiger partial charge on any atom is 0.191 e. The molecule has 2 N–H and O–H groups in total. The predicted octanol–water partition coefficient (Wildman–Crippen LogP) is 2.32. The molecule has 1 heterocycles. The van der Waals surface area contributed by atoms with Crippen molar-refractivity contribution in [2.45, 2.75) is 39.8 Å².